The number of hydrogen-bond acceptors (Lipinski definition) is 2. The summed E-state index contributed by atoms with van der Waals surface area (Å²) in [4.78, 5) is 4.68. The maximum absolute atomic E-state index is 3.19. The summed E-state index contributed by atoms with van der Waals surface area (Å²) in [7, 11) is 2.13. The Morgan fingerprint density at radius 1 is 0.857 bits per heavy atom. The van der Waals surface area contributed by atoms with Crippen LogP contribution >= 0.6 is 0 Å². The van der Waals surface area contributed by atoms with Crippen LogP contribution in [0.15, 0.2) is 0 Å². The first-order valence-electron chi connectivity index (χ1n) is 5.34. The molecule has 0 heterocycles. The van der Waals surface area contributed by atoms with E-state index >= 15 is 0 Å². The molecule has 0 radical (unpaired) electrons. The van der Waals surface area contributed by atoms with Gasteiger partial charge in [-0.15, -0.1) is 0 Å². The van der Waals surface area contributed by atoms with Crippen molar-refractivity contribution >= 4 is 20.2 Å². The van der Waals surface area contributed by atoms with Crippen molar-refractivity contribution in [3.8, 4) is 0 Å². The van der Waals surface area contributed by atoms with E-state index in [0.29, 0.717) is 18.1 Å². The fourth-order valence-corrected chi connectivity index (χ4v) is 2.77. The van der Waals surface area contributed by atoms with E-state index < -0.39 is 0 Å². The Hall–Kier alpha value is -0.0105. The van der Waals surface area contributed by atoms with Crippen LogP contribution in [0.25, 0.3) is 0 Å². The van der Waals surface area contributed by atoms with Crippen LogP contribution in [0.4, 0.5) is 0 Å². The molecule has 14 heavy (non-hydrogen) atoms. The molecule has 0 rings (SSSR count). The van der Waals surface area contributed by atoms with Crippen LogP contribution < -0.4 is 0 Å². The quantitative estimate of drug-likeness (QED) is 0.697. The van der Waals surface area contributed by atoms with Crippen LogP contribution in [0.1, 0.15) is 41.5 Å². The molecule has 0 amide bonds. The molecule has 0 atom stereocenters. The van der Waals surface area contributed by atoms with Crippen LogP contribution in [0.2, 0.25) is 0 Å². The van der Waals surface area contributed by atoms with Crippen LogP contribution in [-0.4, -0.2) is 55.2 Å². The Morgan fingerprint density at radius 2 is 1.21 bits per heavy atom. The van der Waals surface area contributed by atoms with Gasteiger partial charge in [-0.25, -0.2) is 0 Å². The third-order valence-corrected chi connectivity index (χ3v) is 3.46. The van der Waals surface area contributed by atoms with Gasteiger partial charge in [-0.2, -0.15) is 0 Å². The molecule has 0 unspecified atom stereocenters. The van der Waals surface area contributed by atoms with Gasteiger partial charge in [0.1, 0.15) is 0 Å². The van der Waals surface area contributed by atoms with Gasteiger partial charge in [-0.3, -0.25) is 0 Å². The zero-order valence-corrected chi connectivity index (χ0v) is 12.2. The van der Waals surface area contributed by atoms with Crippen molar-refractivity contribution in [2.45, 2.75) is 59.7 Å². The van der Waals surface area contributed by atoms with Crippen molar-refractivity contribution in [3.05, 3.63) is 0 Å². The van der Waals surface area contributed by atoms with Gasteiger partial charge in [0.15, 0.2) is 0 Å². The van der Waals surface area contributed by atoms with E-state index in [-0.39, 0.29) is 0 Å². The Bertz CT molecular complexity index is 180. The van der Waals surface area contributed by atoms with E-state index in [2.05, 4.69) is 74.0 Å². The third kappa shape index (κ3) is 3.62. The molecule has 0 aliphatic carbocycles. The van der Waals surface area contributed by atoms with Gasteiger partial charge in [0, 0.05) is 0 Å². The second-order valence-electron chi connectivity index (χ2n) is 4.58. The van der Waals surface area contributed by atoms with E-state index in [1.165, 1.54) is 4.67 Å². The first kappa shape index (κ1) is 14.0. The van der Waals surface area contributed by atoms with Gasteiger partial charge in [-0.05, 0) is 0 Å². The molecule has 0 saturated heterocycles. The molecule has 0 aromatic carbocycles. The fourth-order valence-electron chi connectivity index (χ4n) is 1.44. The Kier molecular flexibility index (Phi) is 5.77. The van der Waals surface area contributed by atoms with Crippen LogP contribution in [0, 0.1) is 0 Å². The number of rotatable bonds is 5. The SMILES string of the molecule is CC(C)N(C)C(=[Se])N(C(C)C)C(C)C. The average Bonchev–Trinajstić information content (AvgIpc) is 2.01. The molecule has 84 valence electrons. The van der Waals surface area contributed by atoms with E-state index in [0.717, 1.165) is 0 Å². The summed E-state index contributed by atoms with van der Waals surface area (Å²) in [6.45, 7) is 13.3. The second kappa shape index (κ2) is 5.77. The molecular weight excluding hydrogens is 239 g/mol. The molecule has 0 aromatic rings. The molecular formula is C11H24N2Se. The first-order valence-corrected chi connectivity index (χ1v) is 6.19. The predicted molar refractivity (Wildman–Crippen MR) is 65.8 cm³/mol. The van der Waals surface area contributed by atoms with Crippen molar-refractivity contribution in [2.75, 3.05) is 7.05 Å². The van der Waals surface area contributed by atoms with Gasteiger partial charge in [0.05, 0.1) is 0 Å². The fraction of sp³-hybridized carbons (Fsp3) is 0.909. The Balaban J connectivity index is 4.60. The second-order valence-corrected chi connectivity index (χ2v) is 5.35. The van der Waals surface area contributed by atoms with Crippen molar-refractivity contribution in [1.29, 1.82) is 0 Å². The zero-order chi connectivity index (χ0) is 11.5. The molecule has 0 spiro atoms. The van der Waals surface area contributed by atoms with Crippen LogP contribution in [0.3, 0.4) is 0 Å². The van der Waals surface area contributed by atoms with Gasteiger partial charge in [0.2, 0.25) is 0 Å². The monoisotopic (exact) mass is 264 g/mol. The predicted octanol–water partition coefficient (Wildman–Crippen LogP) is 1.70. The summed E-state index contributed by atoms with van der Waals surface area (Å²) in [5, 5.41) is 0. The van der Waals surface area contributed by atoms with E-state index in [1.54, 1.807) is 0 Å². The molecule has 0 bridgehead atoms. The van der Waals surface area contributed by atoms with Crippen LogP contribution in [0.5, 0.6) is 0 Å². The molecule has 0 aromatic heterocycles. The summed E-state index contributed by atoms with van der Waals surface area (Å²) in [5.41, 5.74) is 0. The molecule has 2 nitrogen and oxygen atoms in total. The summed E-state index contributed by atoms with van der Waals surface area (Å²) >= 11 is 3.19. The first-order chi connectivity index (χ1) is 6.29. The Labute approximate surface area is 97.0 Å². The summed E-state index contributed by atoms with van der Waals surface area (Å²) in [6.07, 6.45) is 0. The van der Waals surface area contributed by atoms with Crippen molar-refractivity contribution in [3.63, 3.8) is 0 Å². The van der Waals surface area contributed by atoms with Crippen molar-refractivity contribution < 1.29 is 0 Å². The minimum atomic E-state index is 0.534. The number of nitrogens with zero attached hydrogens (tertiary/aromatic N) is 2. The number of hydrogen-bond donors (Lipinski definition) is 0. The van der Waals surface area contributed by atoms with Gasteiger partial charge < -0.3 is 0 Å². The van der Waals surface area contributed by atoms with Crippen molar-refractivity contribution in [2.24, 2.45) is 0 Å². The zero-order valence-electron chi connectivity index (χ0n) is 10.5. The molecule has 0 aliphatic heterocycles. The van der Waals surface area contributed by atoms with E-state index in [9.17, 15) is 0 Å². The third-order valence-electron chi connectivity index (χ3n) is 2.41. The molecule has 0 saturated carbocycles. The molecule has 3 heteroatoms. The minimum absolute atomic E-state index is 0.534. The van der Waals surface area contributed by atoms with Crippen molar-refractivity contribution in [1.82, 2.24) is 9.80 Å². The van der Waals surface area contributed by atoms with Gasteiger partial charge >= 0.3 is 96.8 Å². The molecule has 0 aliphatic rings. The summed E-state index contributed by atoms with van der Waals surface area (Å²) in [5.74, 6) is 0. The molecule has 0 fully saturated rings. The summed E-state index contributed by atoms with van der Waals surface area (Å²) in [6, 6.07) is 1.60. The summed E-state index contributed by atoms with van der Waals surface area (Å²) < 4.78 is 1.24. The van der Waals surface area contributed by atoms with Crippen LogP contribution in [-0.2, 0) is 0 Å². The molecule has 0 N–H and O–H groups in total. The maximum atomic E-state index is 3.19. The van der Waals surface area contributed by atoms with E-state index in [4.69, 9.17) is 0 Å². The Morgan fingerprint density at radius 3 is 1.43 bits per heavy atom. The average molecular weight is 263 g/mol. The van der Waals surface area contributed by atoms with Gasteiger partial charge in [0.25, 0.3) is 0 Å². The topological polar surface area (TPSA) is 6.48 Å². The normalized spacial score (nSPS) is 11.3. The van der Waals surface area contributed by atoms with E-state index in [1.807, 2.05) is 0 Å². The van der Waals surface area contributed by atoms with Gasteiger partial charge in [-0.1, -0.05) is 0 Å². The standard InChI is InChI=1S/C11H24N2Se/c1-8(2)12(7)11(14)13(9(3)4)10(5)6/h8-10H,1-7H3.